The Morgan fingerprint density at radius 2 is 2.37 bits per heavy atom. The van der Waals surface area contributed by atoms with Crippen molar-refractivity contribution in [2.75, 3.05) is 13.1 Å². The number of carboxylic acids is 1. The lowest BCUT2D eigenvalue weighted by Gasteiger charge is -2.23. The van der Waals surface area contributed by atoms with Crippen molar-refractivity contribution in [3.63, 3.8) is 0 Å². The second-order valence-corrected chi connectivity index (χ2v) is 6.41. The van der Waals surface area contributed by atoms with Crippen molar-refractivity contribution in [3.05, 3.63) is 22.4 Å². The fraction of sp³-hybridized carbons (Fsp3) is 0.571. The third-order valence-electron chi connectivity index (χ3n) is 4.58. The summed E-state index contributed by atoms with van der Waals surface area (Å²) >= 11 is 1.58. The Morgan fingerprint density at radius 1 is 1.53 bits per heavy atom. The molecule has 1 aromatic heterocycles. The summed E-state index contributed by atoms with van der Waals surface area (Å²) in [6.45, 7) is 1.02. The Balaban J connectivity index is 1.71. The number of nitrogens with zero attached hydrogens (tertiary/aromatic N) is 1. The van der Waals surface area contributed by atoms with Crippen molar-refractivity contribution < 1.29 is 14.7 Å². The van der Waals surface area contributed by atoms with E-state index in [-0.39, 0.29) is 11.8 Å². The van der Waals surface area contributed by atoms with Gasteiger partial charge in [-0.15, -0.1) is 0 Å². The van der Waals surface area contributed by atoms with Crippen molar-refractivity contribution >= 4 is 23.2 Å². The summed E-state index contributed by atoms with van der Waals surface area (Å²) in [5, 5.41) is 13.4. The smallest absolute Gasteiger partial charge is 0.311 e. The summed E-state index contributed by atoms with van der Waals surface area (Å²) in [7, 11) is 0. The van der Waals surface area contributed by atoms with Crippen molar-refractivity contribution in [1.82, 2.24) is 4.90 Å². The minimum Gasteiger partial charge on any atom is -0.481 e. The van der Waals surface area contributed by atoms with Crippen LogP contribution in [0.1, 0.15) is 24.8 Å². The fourth-order valence-corrected chi connectivity index (χ4v) is 4.18. The van der Waals surface area contributed by atoms with E-state index in [4.69, 9.17) is 0 Å². The largest absolute Gasteiger partial charge is 0.481 e. The van der Waals surface area contributed by atoms with Gasteiger partial charge >= 0.3 is 5.97 Å². The van der Waals surface area contributed by atoms with Crippen LogP contribution in [0.4, 0.5) is 0 Å². The third kappa shape index (κ3) is 2.06. The normalized spacial score (nSPS) is 29.5. The second kappa shape index (κ2) is 4.63. The molecule has 1 saturated heterocycles. The highest BCUT2D eigenvalue weighted by Gasteiger charge is 2.55. The molecule has 2 fully saturated rings. The quantitative estimate of drug-likeness (QED) is 0.920. The maximum atomic E-state index is 12.2. The van der Waals surface area contributed by atoms with E-state index >= 15 is 0 Å². The van der Waals surface area contributed by atoms with Crippen LogP contribution in [0.5, 0.6) is 0 Å². The molecule has 1 N–H and O–H groups in total. The highest BCUT2D eigenvalue weighted by Crippen LogP contribution is 2.48. The van der Waals surface area contributed by atoms with E-state index in [0.29, 0.717) is 19.5 Å². The standard InChI is InChI=1S/C14H17NO3S/c16-12(6-10-3-5-19-8-10)15-7-11-2-1-4-14(11,9-15)13(17)18/h3,5,8,11H,1-2,4,6-7,9H2,(H,17,18)/t11-,14+/m0/s1. The van der Waals surface area contributed by atoms with Crippen LogP contribution in [-0.2, 0) is 16.0 Å². The Hall–Kier alpha value is -1.36. The minimum atomic E-state index is -0.721. The molecule has 1 saturated carbocycles. The zero-order chi connectivity index (χ0) is 13.5. The predicted octanol–water partition coefficient (Wildman–Crippen LogP) is 2.00. The van der Waals surface area contributed by atoms with Crippen LogP contribution in [0.15, 0.2) is 16.8 Å². The predicted molar refractivity (Wildman–Crippen MR) is 72.0 cm³/mol. The van der Waals surface area contributed by atoms with Crippen LogP contribution < -0.4 is 0 Å². The minimum absolute atomic E-state index is 0.0634. The van der Waals surface area contributed by atoms with Gasteiger partial charge in [0.15, 0.2) is 0 Å². The van der Waals surface area contributed by atoms with Crippen LogP contribution in [0.3, 0.4) is 0 Å². The van der Waals surface area contributed by atoms with Gasteiger partial charge in [-0.2, -0.15) is 11.3 Å². The molecule has 1 aromatic rings. The molecule has 4 nitrogen and oxygen atoms in total. The molecule has 5 heteroatoms. The molecule has 2 atom stereocenters. The molecule has 1 amide bonds. The van der Waals surface area contributed by atoms with Gasteiger partial charge in [0.05, 0.1) is 11.8 Å². The van der Waals surface area contributed by atoms with E-state index in [2.05, 4.69) is 0 Å². The number of likely N-dealkylation sites (tertiary alicyclic amines) is 1. The van der Waals surface area contributed by atoms with Gasteiger partial charge in [-0.25, -0.2) is 0 Å². The van der Waals surface area contributed by atoms with Gasteiger partial charge in [-0.1, -0.05) is 6.42 Å². The molecule has 2 aliphatic rings. The topological polar surface area (TPSA) is 57.6 Å². The number of amides is 1. The van der Waals surface area contributed by atoms with Crippen molar-refractivity contribution in [3.8, 4) is 0 Å². The molecule has 102 valence electrons. The molecular formula is C14H17NO3S. The second-order valence-electron chi connectivity index (χ2n) is 5.63. The van der Waals surface area contributed by atoms with E-state index in [0.717, 1.165) is 24.8 Å². The summed E-state index contributed by atoms with van der Waals surface area (Å²) in [5.41, 5.74) is 0.362. The monoisotopic (exact) mass is 279 g/mol. The van der Waals surface area contributed by atoms with E-state index < -0.39 is 11.4 Å². The van der Waals surface area contributed by atoms with Crippen LogP contribution in [0, 0.1) is 11.3 Å². The zero-order valence-corrected chi connectivity index (χ0v) is 11.5. The molecule has 0 aromatic carbocycles. The fourth-order valence-electron chi connectivity index (χ4n) is 3.51. The molecule has 19 heavy (non-hydrogen) atoms. The number of carbonyl (C=O) groups excluding carboxylic acids is 1. The highest BCUT2D eigenvalue weighted by molar-refractivity contribution is 7.07. The molecule has 2 heterocycles. The third-order valence-corrected chi connectivity index (χ3v) is 5.32. The first-order chi connectivity index (χ1) is 9.12. The summed E-state index contributed by atoms with van der Waals surface area (Å²) in [5.74, 6) is -0.509. The van der Waals surface area contributed by atoms with Gasteiger partial charge in [0.2, 0.25) is 5.91 Å². The molecule has 1 aliphatic carbocycles. The summed E-state index contributed by atoms with van der Waals surface area (Å²) in [6.07, 6.45) is 3.03. The van der Waals surface area contributed by atoms with Crippen molar-refractivity contribution in [1.29, 1.82) is 0 Å². The lowest BCUT2D eigenvalue weighted by molar-refractivity contribution is -0.149. The number of aliphatic carboxylic acids is 1. The summed E-state index contributed by atoms with van der Waals surface area (Å²) in [4.78, 5) is 25.6. The van der Waals surface area contributed by atoms with Crippen LogP contribution in [-0.4, -0.2) is 35.0 Å². The Kier molecular flexibility index (Phi) is 3.09. The first-order valence-electron chi connectivity index (χ1n) is 6.64. The molecule has 0 unspecified atom stereocenters. The number of hydrogen-bond acceptors (Lipinski definition) is 3. The average molecular weight is 279 g/mol. The van der Waals surface area contributed by atoms with Crippen LogP contribution in [0.2, 0.25) is 0 Å². The summed E-state index contributed by atoms with van der Waals surface area (Å²) < 4.78 is 0. The molecule has 1 aliphatic heterocycles. The lowest BCUT2D eigenvalue weighted by Crippen LogP contribution is -2.37. The van der Waals surface area contributed by atoms with Crippen LogP contribution >= 0.6 is 11.3 Å². The number of carbonyl (C=O) groups is 2. The molecular weight excluding hydrogens is 262 g/mol. The maximum Gasteiger partial charge on any atom is 0.311 e. The molecule has 0 spiro atoms. The van der Waals surface area contributed by atoms with E-state index in [1.807, 2.05) is 16.8 Å². The van der Waals surface area contributed by atoms with E-state index in [1.54, 1.807) is 16.2 Å². The molecule has 0 bridgehead atoms. The van der Waals surface area contributed by atoms with Gasteiger partial charge in [0, 0.05) is 13.1 Å². The Bertz CT molecular complexity index is 499. The van der Waals surface area contributed by atoms with Crippen LogP contribution in [0.25, 0.3) is 0 Å². The van der Waals surface area contributed by atoms with Gasteiger partial charge in [-0.05, 0) is 41.1 Å². The SMILES string of the molecule is O=C(Cc1ccsc1)N1C[C@@H]2CCC[C@@]2(C(=O)O)C1. The van der Waals surface area contributed by atoms with Gasteiger partial charge in [0.1, 0.15) is 0 Å². The maximum absolute atomic E-state index is 12.2. The molecule has 3 rings (SSSR count). The molecule has 0 radical (unpaired) electrons. The van der Waals surface area contributed by atoms with Gasteiger partial charge < -0.3 is 10.0 Å². The number of rotatable bonds is 3. The first-order valence-corrected chi connectivity index (χ1v) is 7.58. The highest BCUT2D eigenvalue weighted by atomic mass is 32.1. The van der Waals surface area contributed by atoms with Crippen molar-refractivity contribution in [2.24, 2.45) is 11.3 Å². The van der Waals surface area contributed by atoms with Crippen molar-refractivity contribution in [2.45, 2.75) is 25.7 Å². The average Bonchev–Trinajstić information content (AvgIpc) is 3.01. The zero-order valence-electron chi connectivity index (χ0n) is 10.7. The number of fused-ring (bicyclic) bond motifs is 1. The van der Waals surface area contributed by atoms with Gasteiger partial charge in [0.25, 0.3) is 0 Å². The first kappa shape index (κ1) is 12.7. The number of thiophene rings is 1. The number of hydrogen-bond donors (Lipinski definition) is 1. The van der Waals surface area contributed by atoms with E-state index in [1.165, 1.54) is 0 Å². The Morgan fingerprint density at radius 3 is 3.00 bits per heavy atom. The number of carboxylic acid groups (broad SMARTS) is 1. The van der Waals surface area contributed by atoms with Gasteiger partial charge in [-0.3, -0.25) is 9.59 Å². The lowest BCUT2D eigenvalue weighted by atomic mass is 9.81. The Labute approximate surface area is 116 Å². The summed E-state index contributed by atoms with van der Waals surface area (Å²) in [6, 6.07) is 1.95. The van der Waals surface area contributed by atoms with E-state index in [9.17, 15) is 14.7 Å².